The van der Waals surface area contributed by atoms with E-state index in [-0.39, 0.29) is 16.8 Å². The molecule has 0 aromatic carbocycles. The fourth-order valence-electron chi connectivity index (χ4n) is 2.74. The van der Waals surface area contributed by atoms with Crippen molar-refractivity contribution in [3.05, 3.63) is 20.8 Å². The molecule has 0 unspecified atom stereocenters. The Morgan fingerprint density at radius 3 is 2.70 bits per heavy atom. The zero-order valence-electron chi connectivity index (χ0n) is 14.1. The molecule has 0 spiro atoms. The van der Waals surface area contributed by atoms with E-state index in [2.05, 4.69) is 4.98 Å². The molecular formula is C17H22N2O2S2. The normalized spacial score (nSPS) is 15.0. The van der Waals surface area contributed by atoms with Gasteiger partial charge in [-0.25, -0.2) is 4.98 Å². The molecule has 1 aliphatic rings. The van der Waals surface area contributed by atoms with Crippen LogP contribution in [0, 0.1) is 5.41 Å². The van der Waals surface area contributed by atoms with Gasteiger partial charge in [-0.05, 0) is 31.2 Å². The van der Waals surface area contributed by atoms with E-state index in [1.807, 2.05) is 20.8 Å². The van der Waals surface area contributed by atoms with E-state index in [4.69, 9.17) is 0 Å². The number of carbonyl (C=O) groups is 1. The second kappa shape index (κ2) is 6.06. The molecule has 0 saturated carbocycles. The zero-order chi connectivity index (χ0) is 16.8. The third-order valence-electron chi connectivity index (χ3n) is 4.32. The van der Waals surface area contributed by atoms with Crippen LogP contribution in [-0.4, -0.2) is 21.1 Å². The SMILES string of the molecule is Cn1c(SCC(=O)C(C)(C)C)nc2sc3c(c2c1=O)CCCC3. The van der Waals surface area contributed by atoms with Crippen LogP contribution in [-0.2, 0) is 24.7 Å². The Balaban J connectivity index is 1.98. The van der Waals surface area contributed by atoms with Gasteiger partial charge < -0.3 is 0 Å². The Hall–Kier alpha value is -1.14. The van der Waals surface area contributed by atoms with Crippen molar-refractivity contribution >= 4 is 39.1 Å². The second-order valence-corrected chi connectivity index (χ2v) is 9.14. The summed E-state index contributed by atoms with van der Waals surface area (Å²) in [5, 5.41) is 1.44. The maximum absolute atomic E-state index is 12.8. The van der Waals surface area contributed by atoms with E-state index in [0.717, 1.165) is 29.5 Å². The summed E-state index contributed by atoms with van der Waals surface area (Å²) in [6.45, 7) is 5.75. The number of carbonyl (C=O) groups excluding carboxylic acids is 1. The number of fused-ring (bicyclic) bond motifs is 3. The van der Waals surface area contributed by atoms with E-state index in [1.165, 1.54) is 28.6 Å². The molecule has 1 aliphatic carbocycles. The highest BCUT2D eigenvalue weighted by atomic mass is 32.2. The number of aryl methyl sites for hydroxylation is 2. The molecule has 2 heterocycles. The van der Waals surface area contributed by atoms with Gasteiger partial charge in [0.05, 0.1) is 11.1 Å². The molecule has 3 rings (SSSR count). The first-order valence-electron chi connectivity index (χ1n) is 7.96. The average molecular weight is 351 g/mol. The van der Waals surface area contributed by atoms with E-state index in [0.29, 0.717) is 10.9 Å². The predicted octanol–water partition coefficient (Wildman–Crippen LogP) is 3.58. The van der Waals surface area contributed by atoms with Crippen LogP contribution in [0.15, 0.2) is 9.95 Å². The Morgan fingerprint density at radius 1 is 1.30 bits per heavy atom. The summed E-state index contributed by atoms with van der Waals surface area (Å²) in [4.78, 5) is 31.7. The monoisotopic (exact) mass is 350 g/mol. The molecule has 124 valence electrons. The van der Waals surface area contributed by atoms with Gasteiger partial charge in [0.15, 0.2) is 5.16 Å². The van der Waals surface area contributed by atoms with Crippen LogP contribution in [0.2, 0.25) is 0 Å². The number of hydrogen-bond acceptors (Lipinski definition) is 5. The number of nitrogens with zero attached hydrogens (tertiary/aromatic N) is 2. The van der Waals surface area contributed by atoms with Gasteiger partial charge in [0.1, 0.15) is 10.6 Å². The number of ketones is 1. The van der Waals surface area contributed by atoms with E-state index >= 15 is 0 Å². The minimum atomic E-state index is -0.363. The lowest BCUT2D eigenvalue weighted by molar-refractivity contribution is -0.123. The number of aromatic nitrogens is 2. The smallest absolute Gasteiger partial charge is 0.262 e. The van der Waals surface area contributed by atoms with Crippen molar-refractivity contribution in [3.8, 4) is 0 Å². The minimum absolute atomic E-state index is 0.0279. The molecule has 4 nitrogen and oxygen atoms in total. The molecule has 0 saturated heterocycles. The highest BCUT2D eigenvalue weighted by molar-refractivity contribution is 7.99. The molecule has 2 aromatic rings. The first-order chi connectivity index (χ1) is 10.8. The van der Waals surface area contributed by atoms with Crippen LogP contribution in [0.1, 0.15) is 44.1 Å². The third-order valence-corrected chi connectivity index (χ3v) is 6.54. The highest BCUT2D eigenvalue weighted by Gasteiger charge is 2.24. The van der Waals surface area contributed by atoms with Gasteiger partial charge in [0, 0.05) is 17.3 Å². The third kappa shape index (κ3) is 3.11. The lowest BCUT2D eigenvalue weighted by atomic mass is 9.92. The summed E-state index contributed by atoms with van der Waals surface area (Å²) in [6.07, 6.45) is 4.39. The minimum Gasteiger partial charge on any atom is -0.298 e. The topological polar surface area (TPSA) is 52.0 Å². The number of rotatable bonds is 3. The van der Waals surface area contributed by atoms with Crippen molar-refractivity contribution in [1.82, 2.24) is 9.55 Å². The summed E-state index contributed by atoms with van der Waals surface area (Å²) in [5.41, 5.74) is 0.879. The summed E-state index contributed by atoms with van der Waals surface area (Å²) >= 11 is 3.02. The fraction of sp³-hybridized carbons (Fsp3) is 0.588. The van der Waals surface area contributed by atoms with Gasteiger partial charge in [-0.1, -0.05) is 32.5 Å². The molecule has 0 N–H and O–H groups in total. The van der Waals surface area contributed by atoms with Gasteiger partial charge in [-0.3, -0.25) is 14.2 Å². The quantitative estimate of drug-likeness (QED) is 0.627. The van der Waals surface area contributed by atoms with Crippen LogP contribution in [0.5, 0.6) is 0 Å². The van der Waals surface area contributed by atoms with Crippen molar-refractivity contribution < 1.29 is 4.79 Å². The number of hydrogen-bond donors (Lipinski definition) is 0. The fourth-order valence-corrected chi connectivity index (χ4v) is 5.18. The molecule has 0 bridgehead atoms. The van der Waals surface area contributed by atoms with Crippen LogP contribution >= 0.6 is 23.1 Å². The summed E-state index contributed by atoms with van der Waals surface area (Å²) < 4.78 is 1.60. The van der Waals surface area contributed by atoms with Crippen molar-refractivity contribution in [2.45, 2.75) is 51.6 Å². The van der Waals surface area contributed by atoms with Gasteiger partial charge >= 0.3 is 0 Å². The lowest BCUT2D eigenvalue weighted by Gasteiger charge is -2.16. The van der Waals surface area contributed by atoms with E-state index in [9.17, 15) is 9.59 Å². The number of Topliss-reactive ketones (excluding diaryl/α,β-unsaturated/α-hetero) is 1. The first-order valence-corrected chi connectivity index (χ1v) is 9.76. The van der Waals surface area contributed by atoms with Crippen molar-refractivity contribution in [2.75, 3.05) is 5.75 Å². The van der Waals surface area contributed by atoms with Crippen molar-refractivity contribution in [2.24, 2.45) is 12.5 Å². The predicted molar refractivity (Wildman–Crippen MR) is 96.7 cm³/mol. The Kier molecular flexibility index (Phi) is 4.40. The molecule has 23 heavy (non-hydrogen) atoms. The molecule has 0 aliphatic heterocycles. The zero-order valence-corrected chi connectivity index (χ0v) is 15.7. The molecule has 6 heteroatoms. The van der Waals surface area contributed by atoms with Crippen LogP contribution in [0.25, 0.3) is 10.2 Å². The second-order valence-electron chi connectivity index (χ2n) is 7.11. The first kappa shape index (κ1) is 16.7. The molecule has 0 fully saturated rings. The molecule has 0 radical (unpaired) electrons. The van der Waals surface area contributed by atoms with Crippen LogP contribution in [0.3, 0.4) is 0 Å². The van der Waals surface area contributed by atoms with Crippen molar-refractivity contribution in [1.29, 1.82) is 0 Å². The number of thiophene rings is 1. The summed E-state index contributed by atoms with van der Waals surface area (Å²) in [7, 11) is 1.76. The Morgan fingerprint density at radius 2 is 2.00 bits per heavy atom. The van der Waals surface area contributed by atoms with E-state index in [1.54, 1.807) is 23.0 Å². The van der Waals surface area contributed by atoms with Gasteiger partial charge in [-0.2, -0.15) is 0 Å². The van der Waals surface area contributed by atoms with Crippen LogP contribution in [0.4, 0.5) is 0 Å². The number of thioether (sulfide) groups is 1. The molecule has 0 amide bonds. The Bertz CT molecular complexity index is 828. The Labute approximate surface area is 144 Å². The maximum atomic E-state index is 12.8. The van der Waals surface area contributed by atoms with Crippen LogP contribution < -0.4 is 5.56 Å². The largest absolute Gasteiger partial charge is 0.298 e. The average Bonchev–Trinajstić information content (AvgIpc) is 2.86. The summed E-state index contributed by atoms with van der Waals surface area (Å²) in [5.74, 6) is 0.516. The standard InChI is InChI=1S/C17H22N2O2S2/c1-17(2,3)12(20)9-22-16-18-14-13(15(21)19(16)4)10-7-5-6-8-11(10)23-14/h5-9H2,1-4H3. The van der Waals surface area contributed by atoms with Gasteiger partial charge in [0.25, 0.3) is 5.56 Å². The lowest BCUT2D eigenvalue weighted by Crippen LogP contribution is -2.24. The van der Waals surface area contributed by atoms with Gasteiger partial charge in [-0.15, -0.1) is 11.3 Å². The molecule has 2 aromatic heterocycles. The van der Waals surface area contributed by atoms with Crippen molar-refractivity contribution in [3.63, 3.8) is 0 Å². The maximum Gasteiger partial charge on any atom is 0.262 e. The molecule has 0 atom stereocenters. The molecular weight excluding hydrogens is 328 g/mol. The highest BCUT2D eigenvalue weighted by Crippen LogP contribution is 2.34. The summed E-state index contributed by atoms with van der Waals surface area (Å²) in [6, 6.07) is 0. The van der Waals surface area contributed by atoms with Gasteiger partial charge in [0.2, 0.25) is 0 Å². The van der Waals surface area contributed by atoms with E-state index < -0.39 is 0 Å².